The quantitative estimate of drug-likeness (QED) is 0.541. The number of aromatic nitrogens is 1. The van der Waals surface area contributed by atoms with Crippen molar-refractivity contribution in [2.24, 2.45) is 0 Å². The highest BCUT2D eigenvalue weighted by molar-refractivity contribution is 5.94. The summed E-state index contributed by atoms with van der Waals surface area (Å²) in [5.41, 5.74) is 1.19. The van der Waals surface area contributed by atoms with Crippen molar-refractivity contribution in [2.45, 2.75) is 6.54 Å². The Kier molecular flexibility index (Phi) is 5.19. The number of hydrogen-bond donors (Lipinski definition) is 1. The van der Waals surface area contributed by atoms with E-state index < -0.39 is 4.92 Å². The van der Waals surface area contributed by atoms with E-state index in [9.17, 15) is 14.9 Å². The number of rotatable bonds is 6. The molecule has 1 aromatic heterocycles. The number of ether oxygens (including phenoxy) is 1. The fraction of sp³-hybridized carbons (Fsp3) is 0.0526. The third-order valence-electron chi connectivity index (χ3n) is 3.54. The van der Waals surface area contributed by atoms with Gasteiger partial charge in [-0.25, -0.2) is 0 Å². The van der Waals surface area contributed by atoms with Gasteiger partial charge < -0.3 is 10.1 Å². The van der Waals surface area contributed by atoms with Gasteiger partial charge in [-0.1, -0.05) is 12.1 Å². The largest absolute Gasteiger partial charge is 0.457 e. The third kappa shape index (κ3) is 4.41. The van der Waals surface area contributed by atoms with Crippen molar-refractivity contribution in [1.82, 2.24) is 10.3 Å². The maximum atomic E-state index is 12.3. The number of nitro groups is 1. The molecule has 26 heavy (non-hydrogen) atoms. The first kappa shape index (κ1) is 17.1. The number of hydrogen-bond acceptors (Lipinski definition) is 5. The summed E-state index contributed by atoms with van der Waals surface area (Å²) < 4.78 is 5.65. The lowest BCUT2D eigenvalue weighted by molar-refractivity contribution is -0.384. The smallest absolute Gasteiger partial charge is 0.269 e. The van der Waals surface area contributed by atoms with Gasteiger partial charge in [-0.05, 0) is 42.5 Å². The summed E-state index contributed by atoms with van der Waals surface area (Å²) in [4.78, 5) is 26.6. The number of benzene rings is 2. The second-order valence-corrected chi connectivity index (χ2v) is 5.38. The van der Waals surface area contributed by atoms with E-state index in [1.165, 1.54) is 24.3 Å². The number of carbonyl (C=O) groups excluding carboxylic acids is 1. The van der Waals surface area contributed by atoms with Crippen LogP contribution in [-0.2, 0) is 6.54 Å². The van der Waals surface area contributed by atoms with Gasteiger partial charge in [0.1, 0.15) is 11.5 Å². The van der Waals surface area contributed by atoms with E-state index in [2.05, 4.69) is 10.3 Å². The van der Waals surface area contributed by atoms with Crippen LogP contribution in [-0.4, -0.2) is 15.8 Å². The van der Waals surface area contributed by atoms with Crippen LogP contribution in [0.15, 0.2) is 72.9 Å². The van der Waals surface area contributed by atoms with Crippen LogP contribution in [0.2, 0.25) is 0 Å². The topological polar surface area (TPSA) is 94.4 Å². The van der Waals surface area contributed by atoms with Crippen LogP contribution in [0, 0.1) is 10.1 Å². The van der Waals surface area contributed by atoms with E-state index >= 15 is 0 Å². The Morgan fingerprint density at radius 3 is 2.54 bits per heavy atom. The van der Waals surface area contributed by atoms with Crippen LogP contribution in [0.25, 0.3) is 0 Å². The minimum absolute atomic E-state index is 0.0139. The van der Waals surface area contributed by atoms with Gasteiger partial charge in [-0.15, -0.1) is 0 Å². The molecule has 0 radical (unpaired) electrons. The van der Waals surface area contributed by atoms with Crippen LogP contribution >= 0.6 is 0 Å². The number of amides is 1. The van der Waals surface area contributed by atoms with Crippen LogP contribution in [0.3, 0.4) is 0 Å². The summed E-state index contributed by atoms with van der Waals surface area (Å²) in [6, 6.07) is 17.9. The Morgan fingerprint density at radius 2 is 1.85 bits per heavy atom. The molecular weight excluding hydrogens is 334 g/mol. The fourth-order valence-electron chi connectivity index (χ4n) is 2.25. The highest BCUT2D eigenvalue weighted by atomic mass is 16.6. The summed E-state index contributed by atoms with van der Waals surface area (Å²) in [5.74, 6) is 0.663. The average molecular weight is 349 g/mol. The van der Waals surface area contributed by atoms with Gasteiger partial charge in [0.15, 0.2) is 0 Å². The standard InChI is InChI=1S/C19H15N3O4/c23-19(21-13-15-5-1-2-11-20-15)14-4-3-6-18(12-14)26-17-9-7-16(8-10-17)22(24)25/h1-12H,13H2,(H,21,23). The Morgan fingerprint density at radius 1 is 1.04 bits per heavy atom. The van der Waals surface area contributed by atoms with Gasteiger partial charge in [-0.3, -0.25) is 19.9 Å². The summed E-state index contributed by atoms with van der Waals surface area (Å²) >= 11 is 0. The molecule has 0 fully saturated rings. The van der Waals surface area contributed by atoms with E-state index in [0.717, 1.165) is 5.69 Å². The first-order chi connectivity index (χ1) is 12.6. The molecule has 7 nitrogen and oxygen atoms in total. The van der Waals surface area contributed by atoms with Crippen molar-refractivity contribution >= 4 is 11.6 Å². The molecule has 0 atom stereocenters. The number of nitro benzene ring substituents is 1. The first-order valence-electron chi connectivity index (χ1n) is 7.82. The van der Waals surface area contributed by atoms with E-state index in [-0.39, 0.29) is 11.6 Å². The predicted octanol–water partition coefficient (Wildman–Crippen LogP) is 3.71. The second-order valence-electron chi connectivity index (χ2n) is 5.38. The van der Waals surface area contributed by atoms with Crippen molar-refractivity contribution in [3.05, 3.63) is 94.3 Å². The normalized spacial score (nSPS) is 10.2. The molecule has 1 heterocycles. The molecule has 1 N–H and O–H groups in total. The number of nitrogens with zero attached hydrogens (tertiary/aromatic N) is 2. The molecular formula is C19H15N3O4. The second kappa shape index (κ2) is 7.89. The van der Waals surface area contributed by atoms with E-state index in [1.54, 1.807) is 30.5 Å². The Balaban J connectivity index is 1.65. The summed E-state index contributed by atoms with van der Waals surface area (Å²) in [7, 11) is 0. The Hall–Kier alpha value is -3.74. The zero-order valence-corrected chi connectivity index (χ0v) is 13.7. The zero-order valence-electron chi connectivity index (χ0n) is 13.7. The molecule has 3 rings (SSSR count). The zero-order chi connectivity index (χ0) is 18.4. The molecule has 0 unspecified atom stereocenters. The van der Waals surface area contributed by atoms with Crippen molar-refractivity contribution in [2.75, 3.05) is 0 Å². The van der Waals surface area contributed by atoms with Crippen LogP contribution in [0.4, 0.5) is 5.69 Å². The molecule has 0 saturated heterocycles. The number of nitrogens with one attached hydrogen (secondary N) is 1. The summed E-state index contributed by atoms with van der Waals surface area (Å²) in [5, 5.41) is 13.5. The highest BCUT2D eigenvalue weighted by Gasteiger charge is 2.09. The maximum absolute atomic E-state index is 12.3. The highest BCUT2D eigenvalue weighted by Crippen LogP contribution is 2.24. The Bertz CT molecular complexity index is 912. The van der Waals surface area contributed by atoms with Crippen molar-refractivity contribution < 1.29 is 14.5 Å². The molecule has 0 saturated carbocycles. The molecule has 0 aliphatic rings. The predicted molar refractivity (Wildman–Crippen MR) is 95.0 cm³/mol. The molecule has 0 bridgehead atoms. The molecule has 0 aliphatic heterocycles. The lowest BCUT2D eigenvalue weighted by Crippen LogP contribution is -2.23. The molecule has 1 amide bonds. The van der Waals surface area contributed by atoms with E-state index in [4.69, 9.17) is 4.74 Å². The first-order valence-corrected chi connectivity index (χ1v) is 7.82. The molecule has 7 heteroatoms. The van der Waals surface area contributed by atoms with E-state index in [0.29, 0.717) is 23.6 Å². The molecule has 0 spiro atoms. The molecule has 0 aliphatic carbocycles. The molecule has 2 aromatic carbocycles. The van der Waals surface area contributed by atoms with Crippen molar-refractivity contribution in [1.29, 1.82) is 0 Å². The lowest BCUT2D eigenvalue weighted by Gasteiger charge is -2.08. The minimum atomic E-state index is -0.476. The van der Waals surface area contributed by atoms with Gasteiger partial charge >= 0.3 is 0 Å². The number of pyridine rings is 1. The number of carbonyl (C=O) groups is 1. The molecule has 3 aromatic rings. The monoisotopic (exact) mass is 349 g/mol. The van der Waals surface area contributed by atoms with Gasteiger partial charge in [0.05, 0.1) is 17.2 Å². The van der Waals surface area contributed by atoms with Crippen molar-refractivity contribution in [3.63, 3.8) is 0 Å². The summed E-state index contributed by atoms with van der Waals surface area (Å²) in [6.07, 6.45) is 1.67. The number of non-ortho nitro benzene ring substituents is 1. The minimum Gasteiger partial charge on any atom is -0.457 e. The van der Waals surface area contributed by atoms with Gasteiger partial charge in [0.2, 0.25) is 0 Å². The Labute approximate surface area is 149 Å². The van der Waals surface area contributed by atoms with Crippen LogP contribution in [0.1, 0.15) is 16.1 Å². The van der Waals surface area contributed by atoms with Gasteiger partial charge in [0.25, 0.3) is 11.6 Å². The molecule has 130 valence electrons. The maximum Gasteiger partial charge on any atom is 0.269 e. The third-order valence-corrected chi connectivity index (χ3v) is 3.54. The average Bonchev–Trinajstić information content (AvgIpc) is 2.67. The van der Waals surface area contributed by atoms with Gasteiger partial charge in [0, 0.05) is 23.9 Å². The fourth-order valence-corrected chi connectivity index (χ4v) is 2.25. The van der Waals surface area contributed by atoms with Crippen LogP contribution < -0.4 is 10.1 Å². The van der Waals surface area contributed by atoms with Gasteiger partial charge in [-0.2, -0.15) is 0 Å². The van der Waals surface area contributed by atoms with Crippen LogP contribution in [0.5, 0.6) is 11.5 Å². The van der Waals surface area contributed by atoms with Crippen molar-refractivity contribution in [3.8, 4) is 11.5 Å². The lowest BCUT2D eigenvalue weighted by atomic mass is 10.2. The van der Waals surface area contributed by atoms with E-state index in [1.807, 2.05) is 18.2 Å². The summed E-state index contributed by atoms with van der Waals surface area (Å²) in [6.45, 7) is 0.326. The SMILES string of the molecule is O=C(NCc1ccccn1)c1cccc(Oc2ccc([N+](=O)[O-])cc2)c1.